The number of nitrogen functional groups attached to an aromatic ring is 1. The molecule has 0 atom stereocenters. The first-order valence-corrected chi connectivity index (χ1v) is 5.74. The lowest BCUT2D eigenvalue weighted by atomic mass is 9.92. The first-order chi connectivity index (χ1) is 8.37. The number of nitrogens with two attached hydrogens (primary N) is 1. The Kier molecular flexibility index (Phi) is 3.07. The minimum absolute atomic E-state index is 0.0436. The molecule has 1 aromatic carbocycles. The van der Waals surface area contributed by atoms with E-state index in [4.69, 9.17) is 10.3 Å². The van der Waals surface area contributed by atoms with Crippen LogP contribution in [0.4, 0.5) is 10.1 Å². The summed E-state index contributed by atoms with van der Waals surface area (Å²) in [4.78, 5) is 4.19. The van der Waals surface area contributed by atoms with Crippen molar-refractivity contribution in [3.05, 3.63) is 29.8 Å². The van der Waals surface area contributed by atoms with E-state index in [9.17, 15) is 4.39 Å². The zero-order chi connectivity index (χ0) is 13.3. The second-order valence-electron chi connectivity index (χ2n) is 5.46. The first kappa shape index (κ1) is 12.5. The predicted molar refractivity (Wildman–Crippen MR) is 67.3 cm³/mol. The third kappa shape index (κ3) is 2.67. The van der Waals surface area contributed by atoms with Gasteiger partial charge in [-0.2, -0.15) is 4.98 Å². The van der Waals surface area contributed by atoms with Crippen molar-refractivity contribution >= 4 is 5.69 Å². The van der Waals surface area contributed by atoms with Crippen LogP contribution >= 0.6 is 0 Å². The lowest BCUT2D eigenvalue weighted by molar-refractivity contribution is 0.374. The Morgan fingerprint density at radius 1 is 1.33 bits per heavy atom. The lowest BCUT2D eigenvalue weighted by Gasteiger charge is -2.14. The van der Waals surface area contributed by atoms with E-state index < -0.39 is 5.82 Å². The normalized spacial score (nSPS) is 11.8. The van der Waals surface area contributed by atoms with Crippen molar-refractivity contribution in [2.24, 2.45) is 5.41 Å². The van der Waals surface area contributed by atoms with Crippen LogP contribution in [0.25, 0.3) is 11.5 Å². The van der Waals surface area contributed by atoms with Gasteiger partial charge < -0.3 is 10.3 Å². The average Bonchev–Trinajstić information content (AvgIpc) is 2.63. The smallest absolute Gasteiger partial charge is 0.263 e. The summed E-state index contributed by atoms with van der Waals surface area (Å²) < 4.78 is 18.8. The highest BCUT2D eigenvalue weighted by Gasteiger charge is 2.19. The predicted octanol–water partition coefficient (Wildman–Crippen LogP) is 3.05. The molecule has 2 aromatic rings. The Bertz CT molecular complexity index is 537. The van der Waals surface area contributed by atoms with Crippen molar-refractivity contribution in [2.75, 3.05) is 5.73 Å². The van der Waals surface area contributed by atoms with Gasteiger partial charge in [0.2, 0.25) is 0 Å². The second-order valence-corrected chi connectivity index (χ2v) is 5.46. The van der Waals surface area contributed by atoms with Crippen molar-refractivity contribution in [1.29, 1.82) is 0 Å². The number of anilines is 1. The van der Waals surface area contributed by atoms with Crippen molar-refractivity contribution in [1.82, 2.24) is 10.1 Å². The number of halogens is 1. The minimum atomic E-state index is -0.457. The van der Waals surface area contributed by atoms with Gasteiger partial charge in [-0.3, -0.25) is 0 Å². The Labute approximate surface area is 105 Å². The largest absolute Gasteiger partial charge is 0.398 e. The molecular formula is C13H16FN3O. The van der Waals surface area contributed by atoms with Gasteiger partial charge in [0.15, 0.2) is 5.82 Å². The lowest BCUT2D eigenvalue weighted by Crippen LogP contribution is -2.10. The van der Waals surface area contributed by atoms with E-state index in [0.29, 0.717) is 17.9 Å². The van der Waals surface area contributed by atoms with Gasteiger partial charge in [0, 0.05) is 12.1 Å². The Morgan fingerprint density at radius 2 is 2.06 bits per heavy atom. The molecule has 0 amide bonds. The minimum Gasteiger partial charge on any atom is -0.398 e. The molecule has 0 fully saturated rings. The fourth-order valence-electron chi connectivity index (χ4n) is 1.67. The summed E-state index contributed by atoms with van der Waals surface area (Å²) in [7, 11) is 0. The van der Waals surface area contributed by atoms with Crippen LogP contribution in [-0.4, -0.2) is 10.1 Å². The highest BCUT2D eigenvalue weighted by atomic mass is 19.1. The van der Waals surface area contributed by atoms with Crippen LogP contribution in [0.5, 0.6) is 0 Å². The summed E-state index contributed by atoms with van der Waals surface area (Å²) in [6, 6.07) is 4.46. The van der Waals surface area contributed by atoms with Crippen LogP contribution < -0.4 is 5.73 Å². The number of nitrogens with zero attached hydrogens (tertiary/aromatic N) is 2. The number of rotatable bonds is 2. The number of aromatic nitrogens is 2. The third-order valence-corrected chi connectivity index (χ3v) is 2.42. The third-order valence-electron chi connectivity index (χ3n) is 2.42. The molecule has 0 aliphatic heterocycles. The van der Waals surface area contributed by atoms with E-state index in [0.717, 1.165) is 0 Å². The zero-order valence-corrected chi connectivity index (χ0v) is 10.7. The van der Waals surface area contributed by atoms with Gasteiger partial charge in [-0.15, -0.1) is 0 Å². The number of hydrogen-bond donors (Lipinski definition) is 1. The van der Waals surface area contributed by atoms with Gasteiger partial charge in [0.05, 0.1) is 5.56 Å². The average molecular weight is 249 g/mol. The Balaban J connectivity index is 2.36. The van der Waals surface area contributed by atoms with Gasteiger partial charge in [0.25, 0.3) is 5.89 Å². The van der Waals surface area contributed by atoms with Crippen molar-refractivity contribution < 1.29 is 8.91 Å². The molecule has 1 aromatic heterocycles. The fraction of sp³-hybridized carbons (Fsp3) is 0.385. The molecule has 0 bridgehead atoms. The quantitative estimate of drug-likeness (QED) is 0.831. The van der Waals surface area contributed by atoms with Gasteiger partial charge >= 0.3 is 0 Å². The first-order valence-electron chi connectivity index (χ1n) is 5.74. The molecule has 5 heteroatoms. The molecule has 2 N–H and O–H groups in total. The molecular weight excluding hydrogens is 233 g/mol. The van der Waals surface area contributed by atoms with Crippen LogP contribution in [0.1, 0.15) is 26.6 Å². The van der Waals surface area contributed by atoms with E-state index in [-0.39, 0.29) is 16.9 Å². The molecule has 96 valence electrons. The zero-order valence-electron chi connectivity index (χ0n) is 10.7. The van der Waals surface area contributed by atoms with Gasteiger partial charge in [-0.1, -0.05) is 32.0 Å². The Hall–Kier alpha value is -1.91. The number of hydrogen-bond acceptors (Lipinski definition) is 4. The maximum atomic E-state index is 13.7. The molecule has 0 aliphatic rings. The molecule has 0 unspecified atom stereocenters. The van der Waals surface area contributed by atoms with E-state index in [2.05, 4.69) is 30.9 Å². The maximum absolute atomic E-state index is 13.7. The second kappa shape index (κ2) is 4.40. The monoisotopic (exact) mass is 249 g/mol. The molecule has 2 rings (SSSR count). The molecule has 0 saturated carbocycles. The Morgan fingerprint density at radius 3 is 2.67 bits per heavy atom. The summed E-state index contributed by atoms with van der Waals surface area (Å²) in [6.07, 6.45) is 0.658. The van der Waals surface area contributed by atoms with E-state index in [1.54, 1.807) is 12.1 Å². The SMILES string of the molecule is CC(C)(C)Cc1noc(-c2c(N)cccc2F)n1. The van der Waals surface area contributed by atoms with Crippen molar-refractivity contribution in [3.8, 4) is 11.5 Å². The molecule has 0 spiro atoms. The van der Waals surface area contributed by atoms with Crippen molar-refractivity contribution in [3.63, 3.8) is 0 Å². The molecule has 0 radical (unpaired) electrons. The van der Waals surface area contributed by atoms with E-state index in [1.807, 2.05) is 0 Å². The van der Waals surface area contributed by atoms with E-state index in [1.165, 1.54) is 6.07 Å². The van der Waals surface area contributed by atoms with Crippen molar-refractivity contribution in [2.45, 2.75) is 27.2 Å². The van der Waals surface area contributed by atoms with Gasteiger partial charge in [-0.25, -0.2) is 4.39 Å². The summed E-state index contributed by atoms with van der Waals surface area (Å²) in [5.74, 6) is 0.228. The van der Waals surface area contributed by atoms with Crippen LogP contribution in [0.15, 0.2) is 22.7 Å². The van der Waals surface area contributed by atoms with Crippen LogP contribution in [-0.2, 0) is 6.42 Å². The molecule has 0 saturated heterocycles. The fourth-order valence-corrected chi connectivity index (χ4v) is 1.67. The van der Waals surface area contributed by atoms with E-state index >= 15 is 0 Å². The maximum Gasteiger partial charge on any atom is 0.263 e. The number of benzene rings is 1. The van der Waals surface area contributed by atoms with Crippen LogP contribution in [0.3, 0.4) is 0 Å². The summed E-state index contributed by atoms with van der Waals surface area (Å²) in [6.45, 7) is 6.21. The molecule has 0 aliphatic carbocycles. The summed E-state index contributed by atoms with van der Waals surface area (Å²) in [5.41, 5.74) is 6.23. The molecule has 18 heavy (non-hydrogen) atoms. The summed E-state index contributed by atoms with van der Waals surface area (Å²) >= 11 is 0. The van der Waals surface area contributed by atoms with Crippen LogP contribution in [0.2, 0.25) is 0 Å². The summed E-state index contributed by atoms with van der Waals surface area (Å²) in [5, 5.41) is 3.85. The molecule has 1 heterocycles. The highest BCUT2D eigenvalue weighted by molar-refractivity contribution is 5.70. The standard InChI is InChI=1S/C13H16FN3O/c1-13(2,3)7-10-16-12(18-17-10)11-8(14)5-4-6-9(11)15/h4-6H,7,15H2,1-3H3. The molecule has 4 nitrogen and oxygen atoms in total. The highest BCUT2D eigenvalue weighted by Crippen LogP contribution is 2.28. The van der Waals surface area contributed by atoms with Gasteiger partial charge in [-0.05, 0) is 17.5 Å². The topological polar surface area (TPSA) is 64.9 Å². The van der Waals surface area contributed by atoms with Gasteiger partial charge in [0.1, 0.15) is 5.82 Å². The van der Waals surface area contributed by atoms with Crippen LogP contribution in [0, 0.1) is 11.2 Å².